The van der Waals surface area contributed by atoms with Crippen molar-refractivity contribution < 1.29 is 53.5 Å². The van der Waals surface area contributed by atoms with Crippen molar-refractivity contribution in [3.63, 3.8) is 0 Å². The van der Waals surface area contributed by atoms with Gasteiger partial charge >= 0.3 is 11.9 Å². The number of pyridine rings is 4. The van der Waals surface area contributed by atoms with Crippen LogP contribution in [0.3, 0.4) is 0 Å². The Balaban J connectivity index is 0.000000202. The van der Waals surface area contributed by atoms with Crippen LogP contribution in [0.2, 0.25) is 0 Å². The third-order valence-corrected chi connectivity index (χ3v) is 13.3. The summed E-state index contributed by atoms with van der Waals surface area (Å²) in [6, 6.07) is 7.50. The molecule has 0 saturated carbocycles. The Hall–Kier alpha value is -7.04. The maximum absolute atomic E-state index is 14.5. The second kappa shape index (κ2) is 21.5. The number of esters is 2. The minimum absolute atomic E-state index is 0.0104. The van der Waals surface area contributed by atoms with E-state index in [1.54, 1.807) is 44.7 Å². The molecular formula is C49H44BrF4N5O10S2. The fraction of sp³-hybridized carbons (Fsp3) is 0.224. The zero-order valence-electron chi connectivity index (χ0n) is 38.8. The average molecular weight is 1080 g/mol. The highest BCUT2D eigenvalue weighted by atomic mass is 79.9. The van der Waals surface area contributed by atoms with Gasteiger partial charge in [-0.3, -0.25) is 14.6 Å². The molecule has 372 valence electrons. The van der Waals surface area contributed by atoms with Crippen LogP contribution in [0.25, 0.3) is 34.4 Å². The number of hydrogen-bond donors (Lipinski definition) is 1. The molecule has 8 rings (SSSR count). The number of methoxy groups -OCH3 is 2. The first-order valence-electron chi connectivity index (χ1n) is 21.0. The Labute approximate surface area is 413 Å². The van der Waals surface area contributed by atoms with E-state index < -0.39 is 60.6 Å². The van der Waals surface area contributed by atoms with Crippen molar-refractivity contribution in [2.45, 2.75) is 30.8 Å². The predicted octanol–water partition coefficient (Wildman–Crippen LogP) is 6.87. The van der Waals surface area contributed by atoms with E-state index in [9.17, 15) is 53.6 Å². The van der Waals surface area contributed by atoms with E-state index in [0.717, 1.165) is 36.5 Å². The van der Waals surface area contributed by atoms with Crippen LogP contribution in [0.4, 0.5) is 23.2 Å². The SMILES string of the molecule is COC(=O)c1cc(Cc2ncc(F)cc2F)c(-c2cn(C)c(=O)c3c2C=CC3)cc1CS(C)(=O)=O.COC(=O)c1cc(N)c(-c2cn(C)c(=O)c3c2C=CC3)cc1CS(C)(=O)=O.Fc1cnc(Br)c(F)c1. The molecule has 2 N–H and O–H groups in total. The molecule has 0 fully saturated rings. The number of sulfone groups is 2. The molecule has 0 aliphatic heterocycles. The summed E-state index contributed by atoms with van der Waals surface area (Å²) in [4.78, 5) is 56.8. The lowest BCUT2D eigenvalue weighted by atomic mass is 9.89. The number of anilines is 1. The van der Waals surface area contributed by atoms with Crippen molar-refractivity contribution in [2.24, 2.45) is 14.1 Å². The molecular weight excluding hydrogens is 1040 g/mol. The third-order valence-electron chi connectivity index (χ3n) is 11.1. The van der Waals surface area contributed by atoms with Crippen molar-refractivity contribution in [1.29, 1.82) is 0 Å². The zero-order valence-corrected chi connectivity index (χ0v) is 42.0. The molecule has 2 aliphatic rings. The summed E-state index contributed by atoms with van der Waals surface area (Å²) >= 11 is 2.78. The van der Waals surface area contributed by atoms with Crippen molar-refractivity contribution in [2.75, 3.05) is 32.5 Å². The number of allylic oxidation sites excluding steroid dienone is 2. The van der Waals surface area contributed by atoms with Gasteiger partial charge in [-0.2, -0.15) is 0 Å². The number of aryl methyl sites for hydroxylation is 2. The first-order valence-corrected chi connectivity index (χ1v) is 25.9. The van der Waals surface area contributed by atoms with Gasteiger partial charge in [0, 0.05) is 91.1 Å². The largest absolute Gasteiger partial charge is 0.465 e. The molecule has 0 atom stereocenters. The van der Waals surface area contributed by atoms with E-state index in [1.807, 2.05) is 18.2 Å². The Morgan fingerprint density at radius 2 is 1.11 bits per heavy atom. The summed E-state index contributed by atoms with van der Waals surface area (Å²) < 4.78 is 113. The van der Waals surface area contributed by atoms with E-state index >= 15 is 0 Å². The van der Waals surface area contributed by atoms with Crippen LogP contribution in [0.1, 0.15) is 65.4 Å². The van der Waals surface area contributed by atoms with Gasteiger partial charge in [0.15, 0.2) is 25.5 Å². The number of benzene rings is 2. The average Bonchev–Trinajstić information content (AvgIpc) is 4.00. The zero-order chi connectivity index (χ0) is 52.3. The number of nitrogens with zero attached hydrogens (tertiary/aromatic N) is 4. The molecule has 6 aromatic rings. The number of fused-ring (bicyclic) bond motifs is 2. The Morgan fingerprint density at radius 1 is 0.662 bits per heavy atom. The van der Waals surface area contributed by atoms with Crippen LogP contribution >= 0.6 is 15.9 Å². The molecule has 0 amide bonds. The maximum atomic E-state index is 14.5. The smallest absolute Gasteiger partial charge is 0.338 e. The molecule has 0 bridgehead atoms. The molecule has 22 heteroatoms. The van der Waals surface area contributed by atoms with Gasteiger partial charge in [-0.05, 0) is 86.4 Å². The summed E-state index contributed by atoms with van der Waals surface area (Å²) in [7, 11) is -1.29. The number of nitrogens with two attached hydrogens (primary N) is 1. The Bertz CT molecular complexity index is 3580. The number of rotatable bonds is 10. The fourth-order valence-electron chi connectivity index (χ4n) is 7.95. The molecule has 2 aromatic carbocycles. The lowest BCUT2D eigenvalue weighted by Gasteiger charge is -2.18. The first-order chi connectivity index (χ1) is 33.3. The number of halogens is 5. The molecule has 4 aromatic heterocycles. The van der Waals surface area contributed by atoms with E-state index in [2.05, 4.69) is 25.9 Å². The minimum Gasteiger partial charge on any atom is -0.465 e. The maximum Gasteiger partial charge on any atom is 0.338 e. The van der Waals surface area contributed by atoms with Crippen LogP contribution in [-0.4, -0.2) is 74.6 Å². The van der Waals surface area contributed by atoms with Gasteiger partial charge in [-0.1, -0.05) is 24.3 Å². The van der Waals surface area contributed by atoms with Gasteiger partial charge in [0.05, 0.1) is 54.9 Å². The van der Waals surface area contributed by atoms with Gasteiger partial charge < -0.3 is 24.3 Å². The lowest BCUT2D eigenvalue weighted by Crippen LogP contribution is -2.21. The summed E-state index contributed by atoms with van der Waals surface area (Å²) in [5, 5.41) is 0. The summed E-state index contributed by atoms with van der Waals surface area (Å²) in [5.41, 5.74) is 12.3. The van der Waals surface area contributed by atoms with E-state index in [4.69, 9.17) is 15.2 Å². The van der Waals surface area contributed by atoms with Gasteiger partial charge in [0.25, 0.3) is 11.1 Å². The highest BCUT2D eigenvalue weighted by Gasteiger charge is 2.26. The molecule has 15 nitrogen and oxygen atoms in total. The monoisotopic (exact) mass is 1080 g/mol. The van der Waals surface area contributed by atoms with Crippen molar-refractivity contribution >= 4 is 65.4 Å². The molecule has 0 saturated heterocycles. The second-order valence-electron chi connectivity index (χ2n) is 16.5. The number of carbonyl (C=O) groups excluding carboxylic acids is 2. The summed E-state index contributed by atoms with van der Waals surface area (Å²) in [6.45, 7) is 0. The van der Waals surface area contributed by atoms with Crippen LogP contribution < -0.4 is 16.9 Å². The highest BCUT2D eigenvalue weighted by molar-refractivity contribution is 9.10. The molecule has 2 aliphatic carbocycles. The van der Waals surface area contributed by atoms with Gasteiger partial charge in [0.1, 0.15) is 22.1 Å². The van der Waals surface area contributed by atoms with Crippen molar-refractivity contribution in [3.8, 4) is 22.3 Å². The van der Waals surface area contributed by atoms with Crippen molar-refractivity contribution in [1.82, 2.24) is 19.1 Å². The van der Waals surface area contributed by atoms with E-state index in [1.165, 1.54) is 35.5 Å². The Morgan fingerprint density at radius 3 is 1.56 bits per heavy atom. The standard InChI is InChI=1S/C25H22F2N2O5S.C19H20N2O5S.C5H2BrF2N/c1-29-12-21(17-5-4-6-18(17)24(29)30)19-8-15(13-35(3,32)33)20(25(31)34-2)7-14(19)9-23-22(27)10-16(26)11-28-23;1-21-9-16(12-5-4-6-13(12)18(21)22)15-7-11(10-27(3,24)25)14(8-17(15)20)19(23)26-2;6-5-4(8)1-3(7)2-9-5/h4-5,7-8,10-12H,6,9,13H2,1-3H3;4-5,7-9H,6,10,20H2,1-3H3;1-2H. The number of carbonyl (C=O) groups is 2. The Kier molecular flexibility index (Phi) is 16.2. The van der Waals surface area contributed by atoms with Gasteiger partial charge in [-0.15, -0.1) is 0 Å². The minimum atomic E-state index is -3.54. The molecule has 71 heavy (non-hydrogen) atoms. The predicted molar refractivity (Wildman–Crippen MR) is 263 cm³/mol. The van der Waals surface area contributed by atoms with Crippen LogP contribution in [-0.2, 0) is 74.0 Å². The van der Waals surface area contributed by atoms with Gasteiger partial charge in [-0.25, -0.2) is 49.0 Å². The third kappa shape index (κ3) is 12.5. The number of aromatic nitrogens is 4. The van der Waals surface area contributed by atoms with E-state index in [0.29, 0.717) is 74.7 Å². The van der Waals surface area contributed by atoms with Crippen LogP contribution in [0, 0.1) is 23.3 Å². The normalized spacial score (nSPS) is 12.3. The lowest BCUT2D eigenvalue weighted by molar-refractivity contribution is 0.0591. The molecule has 0 spiro atoms. The molecule has 0 radical (unpaired) electrons. The number of hydrogen-bond acceptors (Lipinski definition) is 13. The highest BCUT2D eigenvalue weighted by Crippen LogP contribution is 2.37. The molecule has 0 unspecified atom stereocenters. The second-order valence-corrected chi connectivity index (χ2v) is 21.5. The molecule has 4 heterocycles. The van der Waals surface area contributed by atoms with Crippen molar-refractivity contribution in [3.05, 3.63) is 178 Å². The quantitative estimate of drug-likeness (QED) is 0.0642. The summed E-state index contributed by atoms with van der Waals surface area (Å²) in [6.07, 6.45) is 15.5. The van der Waals surface area contributed by atoms with Gasteiger partial charge in [0.2, 0.25) is 0 Å². The topological polar surface area (TPSA) is 217 Å². The van der Waals surface area contributed by atoms with Crippen LogP contribution in [0.15, 0.2) is 87.5 Å². The van der Waals surface area contributed by atoms with E-state index in [-0.39, 0.29) is 50.3 Å². The van der Waals surface area contributed by atoms with Crippen LogP contribution in [0.5, 0.6) is 0 Å². The fourth-order valence-corrected chi connectivity index (χ4v) is 9.78. The summed E-state index contributed by atoms with van der Waals surface area (Å²) in [5.74, 6) is -5.21. The first kappa shape index (κ1) is 53.3. The number of nitrogen functional groups attached to an aromatic ring is 1. The number of ether oxygens (including phenoxy) is 2.